The minimum absolute atomic E-state index is 0.268. The number of unbranched alkanes of at least 4 members (excludes halogenated alkanes) is 1. The van der Waals surface area contributed by atoms with Gasteiger partial charge in [0, 0.05) is 0 Å². The molecule has 4 rings (SSSR count). The zero-order valence-electron chi connectivity index (χ0n) is 16.9. The zero-order valence-corrected chi connectivity index (χ0v) is 20.1. The molecule has 0 atom stereocenters. The molecule has 0 aliphatic heterocycles. The summed E-state index contributed by atoms with van der Waals surface area (Å²) in [5, 5.41) is 4.17. The van der Waals surface area contributed by atoms with Crippen molar-refractivity contribution in [3.63, 3.8) is 0 Å². The first-order valence-corrected chi connectivity index (χ1v) is 13.5. The van der Waals surface area contributed by atoms with E-state index in [1.807, 2.05) is 42.5 Å². The molecule has 0 aliphatic carbocycles. The third-order valence-electron chi connectivity index (χ3n) is 4.42. The van der Waals surface area contributed by atoms with Crippen LogP contribution < -0.4 is 14.8 Å². The molecule has 5 nitrogen and oxygen atoms in total. The number of alkyl halides is 1. The van der Waals surface area contributed by atoms with Gasteiger partial charge < -0.3 is 0 Å². The van der Waals surface area contributed by atoms with Gasteiger partial charge in [-0.05, 0) is 0 Å². The van der Waals surface area contributed by atoms with Crippen LogP contribution in [0.2, 0.25) is 0 Å². The standard InChI is InChI=1S/C23H24IN3O2S/c1-3-4-13-24-17-8-5-6-10-20(17)29-22-19(9-7-14-25-22)27-23-26-18-12-11-16(28-2)15-21(18)30-23/h5-12,14-15,24H,3-4,13H2,1-2H3,(H,26,27). The van der Waals surface area contributed by atoms with E-state index in [0.717, 1.165) is 32.5 Å². The number of benzene rings is 2. The van der Waals surface area contributed by atoms with Crippen LogP contribution in [-0.2, 0) is 0 Å². The molecule has 2 aromatic carbocycles. The van der Waals surface area contributed by atoms with E-state index in [4.69, 9.17) is 9.47 Å². The topological polar surface area (TPSA) is 56.3 Å². The van der Waals surface area contributed by atoms with Gasteiger partial charge in [0.1, 0.15) is 0 Å². The third-order valence-corrected chi connectivity index (χ3v) is 8.61. The number of fused-ring (bicyclic) bond motifs is 1. The van der Waals surface area contributed by atoms with Gasteiger partial charge in [-0.15, -0.1) is 0 Å². The number of methoxy groups -OCH3 is 1. The van der Waals surface area contributed by atoms with Crippen molar-refractivity contribution in [1.82, 2.24) is 9.97 Å². The molecule has 7 heteroatoms. The third kappa shape index (κ3) is 5.02. The second kappa shape index (κ2) is 10.1. The molecule has 156 valence electrons. The van der Waals surface area contributed by atoms with Gasteiger partial charge in [-0.2, -0.15) is 0 Å². The van der Waals surface area contributed by atoms with E-state index in [0.29, 0.717) is 5.88 Å². The Bertz CT molecular complexity index is 1130. The number of nitrogens with zero attached hydrogens (tertiary/aromatic N) is 2. The van der Waals surface area contributed by atoms with Crippen molar-refractivity contribution in [3.05, 3.63) is 64.4 Å². The summed E-state index contributed by atoms with van der Waals surface area (Å²) in [6.07, 6.45) is 4.26. The Morgan fingerprint density at radius 3 is 2.87 bits per heavy atom. The van der Waals surface area contributed by atoms with Crippen LogP contribution in [-0.4, -0.2) is 21.5 Å². The Labute approximate surface area is 190 Å². The van der Waals surface area contributed by atoms with Gasteiger partial charge in [0.25, 0.3) is 0 Å². The first kappa shape index (κ1) is 20.9. The van der Waals surface area contributed by atoms with Crippen molar-refractivity contribution in [3.8, 4) is 17.4 Å². The van der Waals surface area contributed by atoms with Crippen LogP contribution in [0, 0.1) is 3.57 Å². The Morgan fingerprint density at radius 1 is 1.10 bits per heavy atom. The molecule has 0 bridgehead atoms. The number of anilines is 2. The molecule has 0 aliphatic rings. The van der Waals surface area contributed by atoms with Gasteiger partial charge in [-0.3, -0.25) is 0 Å². The van der Waals surface area contributed by atoms with Gasteiger partial charge in [-0.25, -0.2) is 0 Å². The minimum atomic E-state index is -0.268. The predicted molar refractivity (Wildman–Crippen MR) is 134 cm³/mol. The average Bonchev–Trinajstić information content (AvgIpc) is 3.18. The van der Waals surface area contributed by atoms with E-state index in [1.54, 1.807) is 24.6 Å². The molecule has 2 heterocycles. The molecular weight excluding hydrogens is 509 g/mol. The molecule has 1 N–H and O–H groups in total. The maximum atomic E-state index is 6.27. The number of pyridine rings is 1. The quantitative estimate of drug-likeness (QED) is 0.144. The first-order chi connectivity index (χ1) is 14.8. The van der Waals surface area contributed by atoms with Crippen LogP contribution in [0.15, 0.2) is 60.8 Å². The number of thiazole rings is 1. The number of hydrogen-bond acceptors (Lipinski definition) is 6. The van der Waals surface area contributed by atoms with Gasteiger partial charge in [0.05, 0.1) is 7.11 Å². The summed E-state index contributed by atoms with van der Waals surface area (Å²) in [7, 11) is 1.67. The number of halogens is 1. The maximum absolute atomic E-state index is 6.27. The van der Waals surface area contributed by atoms with Crippen molar-refractivity contribution in [2.75, 3.05) is 16.9 Å². The first-order valence-electron chi connectivity index (χ1n) is 9.83. The molecule has 30 heavy (non-hydrogen) atoms. The molecule has 0 spiro atoms. The number of nitrogens with one attached hydrogen (secondary N) is 1. The molecule has 0 radical (unpaired) electrons. The van der Waals surface area contributed by atoms with Crippen molar-refractivity contribution in [1.29, 1.82) is 0 Å². The Morgan fingerprint density at radius 2 is 2.00 bits per heavy atom. The summed E-state index contributed by atoms with van der Waals surface area (Å²) in [5.41, 5.74) is 1.73. The summed E-state index contributed by atoms with van der Waals surface area (Å²) in [4.78, 5) is 9.15. The van der Waals surface area contributed by atoms with E-state index in [1.165, 1.54) is 20.8 Å². The molecule has 0 unspecified atom stereocenters. The number of hydrogen-bond donors (Lipinski definition) is 1. The van der Waals surface area contributed by atoms with Crippen LogP contribution in [0.4, 0.5) is 10.8 Å². The van der Waals surface area contributed by atoms with Crippen LogP contribution in [0.3, 0.4) is 0 Å². The summed E-state index contributed by atoms with van der Waals surface area (Å²) in [6.45, 7) is 2.24. The fourth-order valence-electron chi connectivity index (χ4n) is 2.85. The van der Waals surface area contributed by atoms with E-state index >= 15 is 0 Å². The van der Waals surface area contributed by atoms with Crippen molar-refractivity contribution in [2.45, 2.75) is 19.8 Å². The van der Waals surface area contributed by atoms with Crippen molar-refractivity contribution >= 4 is 53.6 Å². The van der Waals surface area contributed by atoms with Crippen LogP contribution in [0.25, 0.3) is 10.2 Å². The summed E-state index contributed by atoms with van der Waals surface area (Å²) >= 11 is 1.31. The predicted octanol–water partition coefficient (Wildman–Crippen LogP) is 6.91. The fraction of sp³-hybridized carbons (Fsp3) is 0.217. The second-order valence-electron chi connectivity index (χ2n) is 6.58. The Kier molecular flexibility index (Phi) is 7.01. The number of aromatic nitrogens is 2. The van der Waals surface area contributed by atoms with E-state index in [2.05, 4.69) is 34.3 Å². The average molecular weight is 533 g/mol. The van der Waals surface area contributed by atoms with Gasteiger partial charge in [0.15, 0.2) is 0 Å². The van der Waals surface area contributed by atoms with E-state index in [-0.39, 0.29) is 21.2 Å². The summed E-state index contributed by atoms with van der Waals surface area (Å²) < 4.78 is 15.3. The molecule has 4 aromatic rings. The van der Waals surface area contributed by atoms with Gasteiger partial charge in [0.2, 0.25) is 0 Å². The zero-order chi connectivity index (χ0) is 20.8. The normalized spacial score (nSPS) is 11.0. The number of ether oxygens (including phenoxy) is 2. The van der Waals surface area contributed by atoms with E-state index < -0.39 is 0 Å². The van der Waals surface area contributed by atoms with Gasteiger partial charge >= 0.3 is 184 Å². The molecule has 0 fully saturated rings. The molecular formula is C23H24IN3O2S. The SMILES string of the molecule is CCCC[IH]c1ccccc1Oc1ncccc1Nc1nc2ccc(OC)cc2s1. The fourth-order valence-corrected chi connectivity index (χ4v) is 6.84. The van der Waals surface area contributed by atoms with Crippen LogP contribution in [0.5, 0.6) is 17.4 Å². The molecule has 0 saturated heterocycles. The molecule has 0 amide bonds. The van der Waals surface area contributed by atoms with Crippen LogP contribution in [0.1, 0.15) is 19.8 Å². The Hall–Kier alpha value is -2.39. The van der Waals surface area contributed by atoms with Crippen molar-refractivity contribution < 1.29 is 9.47 Å². The second-order valence-corrected chi connectivity index (χ2v) is 10.9. The molecule has 2 aromatic heterocycles. The monoisotopic (exact) mass is 533 g/mol. The Balaban J connectivity index is 1.56. The summed E-state index contributed by atoms with van der Waals surface area (Å²) in [6, 6.07) is 18.1. The van der Waals surface area contributed by atoms with Crippen molar-refractivity contribution in [2.24, 2.45) is 0 Å². The van der Waals surface area contributed by atoms with E-state index in [9.17, 15) is 0 Å². The molecule has 0 saturated carbocycles. The number of para-hydroxylation sites is 1. The number of rotatable bonds is 9. The summed E-state index contributed by atoms with van der Waals surface area (Å²) in [5.74, 6) is 2.29. The van der Waals surface area contributed by atoms with Gasteiger partial charge in [-0.1, -0.05) is 0 Å². The van der Waals surface area contributed by atoms with Crippen LogP contribution >= 0.6 is 32.5 Å².